The summed E-state index contributed by atoms with van der Waals surface area (Å²) in [5, 5.41) is 15.4. The van der Waals surface area contributed by atoms with Crippen molar-refractivity contribution in [3.8, 4) is 6.07 Å². The van der Waals surface area contributed by atoms with Crippen LogP contribution in [0, 0.1) is 18.3 Å². The number of hydrogen-bond donors (Lipinski definition) is 2. The predicted octanol–water partition coefficient (Wildman–Crippen LogP) is 3.61. The molecule has 0 atom stereocenters. The van der Waals surface area contributed by atoms with Crippen molar-refractivity contribution in [3.63, 3.8) is 0 Å². The van der Waals surface area contributed by atoms with Crippen LogP contribution < -0.4 is 10.6 Å². The molecule has 1 aromatic heterocycles. The summed E-state index contributed by atoms with van der Waals surface area (Å²) in [5.74, 6) is 1.28. The van der Waals surface area contributed by atoms with Crippen LogP contribution in [0.4, 0.5) is 17.5 Å². The first-order chi connectivity index (χ1) is 9.85. The van der Waals surface area contributed by atoms with Crippen LogP contribution >= 0.6 is 0 Å². The number of aryl methyl sites for hydroxylation is 1. The van der Waals surface area contributed by atoms with E-state index in [-0.39, 0.29) is 5.54 Å². The highest BCUT2D eigenvalue weighted by atomic mass is 15.2. The summed E-state index contributed by atoms with van der Waals surface area (Å²) in [4.78, 5) is 8.82. The maximum absolute atomic E-state index is 8.92. The Balaban J connectivity index is 2.25. The highest BCUT2D eigenvalue weighted by Crippen LogP contribution is 2.18. The summed E-state index contributed by atoms with van der Waals surface area (Å²) < 4.78 is 0. The van der Waals surface area contributed by atoms with Crippen molar-refractivity contribution in [2.75, 3.05) is 10.6 Å². The first-order valence-corrected chi connectivity index (χ1v) is 6.77. The van der Waals surface area contributed by atoms with Gasteiger partial charge in [-0.3, -0.25) is 0 Å². The predicted molar refractivity (Wildman–Crippen MR) is 84.6 cm³/mol. The first kappa shape index (κ1) is 14.8. The Bertz CT molecular complexity index is 680. The van der Waals surface area contributed by atoms with E-state index in [0.29, 0.717) is 11.5 Å². The molecule has 5 nitrogen and oxygen atoms in total. The van der Waals surface area contributed by atoms with Gasteiger partial charge >= 0.3 is 0 Å². The van der Waals surface area contributed by atoms with Gasteiger partial charge in [0.2, 0.25) is 5.95 Å². The summed E-state index contributed by atoms with van der Waals surface area (Å²) >= 11 is 0. The SMILES string of the molecule is Cc1cc(NC(C)(C)C)nc(Nc2cccc(C#N)c2)n1. The lowest BCUT2D eigenvalue weighted by Gasteiger charge is -2.21. The highest BCUT2D eigenvalue weighted by molar-refractivity contribution is 5.57. The first-order valence-electron chi connectivity index (χ1n) is 6.77. The largest absolute Gasteiger partial charge is 0.365 e. The van der Waals surface area contributed by atoms with E-state index in [4.69, 9.17) is 5.26 Å². The molecule has 2 N–H and O–H groups in total. The van der Waals surface area contributed by atoms with Gasteiger partial charge in [-0.15, -0.1) is 0 Å². The van der Waals surface area contributed by atoms with Crippen molar-refractivity contribution in [1.29, 1.82) is 5.26 Å². The second-order valence-electron chi connectivity index (χ2n) is 5.91. The van der Waals surface area contributed by atoms with Crippen molar-refractivity contribution < 1.29 is 0 Å². The van der Waals surface area contributed by atoms with Gasteiger partial charge in [0.1, 0.15) is 5.82 Å². The lowest BCUT2D eigenvalue weighted by Crippen LogP contribution is -2.27. The average molecular weight is 281 g/mol. The average Bonchev–Trinajstić information content (AvgIpc) is 2.36. The molecule has 0 saturated carbocycles. The van der Waals surface area contributed by atoms with Crippen LogP contribution in [0.1, 0.15) is 32.0 Å². The van der Waals surface area contributed by atoms with E-state index < -0.39 is 0 Å². The molecule has 1 heterocycles. The van der Waals surface area contributed by atoms with Crippen LogP contribution in [0.5, 0.6) is 0 Å². The van der Waals surface area contributed by atoms with Gasteiger partial charge in [-0.1, -0.05) is 6.07 Å². The zero-order chi connectivity index (χ0) is 15.5. The standard InChI is InChI=1S/C16H19N5/c1-11-8-14(21-16(2,3)4)20-15(18-11)19-13-7-5-6-12(9-13)10-17/h5-9H,1-4H3,(H2,18,19,20,21). The Morgan fingerprint density at radius 1 is 1.14 bits per heavy atom. The molecule has 0 unspecified atom stereocenters. The van der Waals surface area contributed by atoms with E-state index in [9.17, 15) is 0 Å². The molecule has 0 aliphatic rings. The topological polar surface area (TPSA) is 73.6 Å². The Labute approximate surface area is 125 Å². The lowest BCUT2D eigenvalue weighted by molar-refractivity contribution is 0.630. The summed E-state index contributed by atoms with van der Waals surface area (Å²) in [5.41, 5.74) is 2.19. The summed E-state index contributed by atoms with van der Waals surface area (Å²) in [7, 11) is 0. The fourth-order valence-corrected chi connectivity index (χ4v) is 1.87. The van der Waals surface area contributed by atoms with Gasteiger partial charge in [0.15, 0.2) is 0 Å². The fraction of sp³-hybridized carbons (Fsp3) is 0.312. The van der Waals surface area contributed by atoms with Crippen LogP contribution in [0.25, 0.3) is 0 Å². The Morgan fingerprint density at radius 3 is 2.57 bits per heavy atom. The van der Waals surface area contributed by atoms with Gasteiger partial charge in [0.05, 0.1) is 11.6 Å². The van der Waals surface area contributed by atoms with Gasteiger partial charge < -0.3 is 10.6 Å². The maximum Gasteiger partial charge on any atom is 0.229 e. The minimum Gasteiger partial charge on any atom is -0.365 e. The van der Waals surface area contributed by atoms with Gasteiger partial charge in [-0.05, 0) is 45.9 Å². The molecule has 5 heteroatoms. The van der Waals surface area contributed by atoms with Gasteiger partial charge in [0.25, 0.3) is 0 Å². The van der Waals surface area contributed by atoms with Crippen LogP contribution in [-0.4, -0.2) is 15.5 Å². The minimum atomic E-state index is -0.0706. The zero-order valence-corrected chi connectivity index (χ0v) is 12.7. The third-order valence-corrected chi connectivity index (χ3v) is 2.61. The molecular weight excluding hydrogens is 262 g/mol. The van der Waals surface area contributed by atoms with Crippen LogP contribution in [0.3, 0.4) is 0 Å². The van der Waals surface area contributed by atoms with Gasteiger partial charge in [-0.25, -0.2) is 4.98 Å². The molecule has 0 amide bonds. The Hall–Kier alpha value is -2.61. The molecule has 0 spiro atoms. The van der Waals surface area contributed by atoms with Crippen LogP contribution in [0.15, 0.2) is 30.3 Å². The highest BCUT2D eigenvalue weighted by Gasteiger charge is 2.11. The summed E-state index contributed by atoms with van der Waals surface area (Å²) in [6.45, 7) is 8.15. The van der Waals surface area contributed by atoms with Crippen molar-refractivity contribution in [3.05, 3.63) is 41.6 Å². The van der Waals surface area contributed by atoms with E-state index in [1.807, 2.05) is 25.1 Å². The fourth-order valence-electron chi connectivity index (χ4n) is 1.87. The molecular formula is C16H19N5. The number of hydrogen-bond acceptors (Lipinski definition) is 5. The number of rotatable bonds is 3. The summed E-state index contributed by atoms with van der Waals surface area (Å²) in [6, 6.07) is 11.2. The molecule has 0 aliphatic heterocycles. The smallest absolute Gasteiger partial charge is 0.229 e. The van der Waals surface area contributed by atoms with Crippen molar-refractivity contribution >= 4 is 17.5 Å². The van der Waals surface area contributed by atoms with E-state index in [1.54, 1.807) is 12.1 Å². The number of anilines is 3. The van der Waals surface area contributed by atoms with Crippen molar-refractivity contribution in [2.24, 2.45) is 0 Å². The third-order valence-electron chi connectivity index (χ3n) is 2.61. The maximum atomic E-state index is 8.92. The number of nitriles is 1. The number of nitrogens with one attached hydrogen (secondary N) is 2. The second-order valence-corrected chi connectivity index (χ2v) is 5.91. The number of benzene rings is 1. The van der Waals surface area contributed by atoms with E-state index in [1.165, 1.54) is 0 Å². The van der Waals surface area contributed by atoms with E-state index in [0.717, 1.165) is 17.2 Å². The van der Waals surface area contributed by atoms with Crippen LogP contribution in [0.2, 0.25) is 0 Å². The molecule has 0 radical (unpaired) electrons. The molecule has 0 fully saturated rings. The van der Waals surface area contributed by atoms with E-state index in [2.05, 4.69) is 47.4 Å². The molecule has 0 aliphatic carbocycles. The van der Waals surface area contributed by atoms with Crippen molar-refractivity contribution in [1.82, 2.24) is 9.97 Å². The van der Waals surface area contributed by atoms with Crippen molar-refractivity contribution in [2.45, 2.75) is 33.2 Å². The molecule has 108 valence electrons. The molecule has 21 heavy (non-hydrogen) atoms. The number of nitrogens with zero attached hydrogens (tertiary/aromatic N) is 3. The third kappa shape index (κ3) is 4.46. The monoisotopic (exact) mass is 281 g/mol. The minimum absolute atomic E-state index is 0.0706. The molecule has 0 saturated heterocycles. The number of aromatic nitrogens is 2. The normalized spacial score (nSPS) is 10.8. The Morgan fingerprint density at radius 2 is 1.90 bits per heavy atom. The van der Waals surface area contributed by atoms with E-state index >= 15 is 0 Å². The quantitative estimate of drug-likeness (QED) is 0.899. The zero-order valence-electron chi connectivity index (χ0n) is 12.7. The van der Waals surface area contributed by atoms with Gasteiger partial charge in [-0.2, -0.15) is 10.2 Å². The van der Waals surface area contributed by atoms with Gasteiger partial charge in [0, 0.05) is 23.0 Å². The second kappa shape index (κ2) is 5.80. The lowest BCUT2D eigenvalue weighted by atomic mass is 10.1. The Kier molecular flexibility index (Phi) is 4.08. The molecule has 1 aromatic carbocycles. The molecule has 0 bridgehead atoms. The van der Waals surface area contributed by atoms with Crippen LogP contribution in [-0.2, 0) is 0 Å². The molecule has 2 aromatic rings. The summed E-state index contributed by atoms with van der Waals surface area (Å²) in [6.07, 6.45) is 0. The molecule has 2 rings (SSSR count).